The quantitative estimate of drug-likeness (QED) is 0.637. The van der Waals surface area contributed by atoms with Crippen molar-refractivity contribution >= 4 is 5.91 Å². The van der Waals surface area contributed by atoms with Crippen LogP contribution in [0.15, 0.2) is 12.4 Å². The van der Waals surface area contributed by atoms with E-state index in [4.69, 9.17) is 5.73 Å². The number of nitrogens with zero attached hydrogens (tertiary/aromatic N) is 2. The molecule has 1 heterocycles. The maximum absolute atomic E-state index is 10.4. The number of aromatic nitrogens is 2. The van der Waals surface area contributed by atoms with Gasteiger partial charge in [0, 0.05) is 12.4 Å². The molecular formula is C7H9N3O. The maximum atomic E-state index is 10.4. The molecule has 0 aromatic carbocycles. The second-order valence-corrected chi connectivity index (χ2v) is 2.29. The summed E-state index contributed by atoms with van der Waals surface area (Å²) in [7, 11) is 0. The zero-order valence-electron chi connectivity index (χ0n) is 6.24. The molecule has 4 heteroatoms. The summed E-state index contributed by atoms with van der Waals surface area (Å²) in [5.74, 6) is -0.386. The summed E-state index contributed by atoms with van der Waals surface area (Å²) in [5.41, 5.74) is 6.40. The van der Waals surface area contributed by atoms with Crippen LogP contribution in [0.25, 0.3) is 0 Å². The molecule has 0 spiro atoms. The van der Waals surface area contributed by atoms with Gasteiger partial charge in [-0.15, -0.1) is 0 Å². The highest BCUT2D eigenvalue weighted by Crippen LogP contribution is 1.93. The number of carbonyl (C=O) groups excluding carboxylic acids is 1. The Kier molecular flexibility index (Phi) is 2.15. The molecule has 0 aliphatic rings. The smallest absolute Gasteiger partial charge is 0.223 e. The third kappa shape index (κ3) is 2.33. The molecular weight excluding hydrogens is 142 g/mol. The predicted molar refractivity (Wildman–Crippen MR) is 39.7 cm³/mol. The first-order valence-electron chi connectivity index (χ1n) is 3.24. The highest BCUT2D eigenvalue weighted by atomic mass is 16.1. The monoisotopic (exact) mass is 151 g/mol. The van der Waals surface area contributed by atoms with E-state index in [1.807, 2.05) is 6.92 Å². The van der Waals surface area contributed by atoms with Gasteiger partial charge in [-0.25, -0.2) is 0 Å². The molecule has 1 aromatic heterocycles. The highest BCUT2D eigenvalue weighted by Gasteiger charge is 1.98. The summed E-state index contributed by atoms with van der Waals surface area (Å²) in [6.07, 6.45) is 3.33. The molecule has 0 atom stereocenters. The SMILES string of the molecule is Cc1cnc(CC(N)=O)cn1. The molecule has 1 rings (SSSR count). The second kappa shape index (κ2) is 3.09. The number of amides is 1. The van der Waals surface area contributed by atoms with Gasteiger partial charge in [0.2, 0.25) is 5.91 Å². The number of hydrogen-bond donors (Lipinski definition) is 1. The van der Waals surface area contributed by atoms with Gasteiger partial charge in [-0.1, -0.05) is 0 Å². The minimum atomic E-state index is -0.386. The van der Waals surface area contributed by atoms with Crippen molar-refractivity contribution in [3.8, 4) is 0 Å². The summed E-state index contributed by atoms with van der Waals surface area (Å²) < 4.78 is 0. The van der Waals surface area contributed by atoms with Gasteiger partial charge in [-0.2, -0.15) is 0 Å². The second-order valence-electron chi connectivity index (χ2n) is 2.29. The van der Waals surface area contributed by atoms with E-state index in [2.05, 4.69) is 9.97 Å². The Hall–Kier alpha value is -1.45. The van der Waals surface area contributed by atoms with E-state index in [1.54, 1.807) is 12.4 Å². The first-order chi connectivity index (χ1) is 5.18. The van der Waals surface area contributed by atoms with Crippen molar-refractivity contribution in [1.82, 2.24) is 9.97 Å². The summed E-state index contributed by atoms with van der Waals surface area (Å²) >= 11 is 0. The lowest BCUT2D eigenvalue weighted by Gasteiger charge is -1.95. The Morgan fingerprint density at radius 3 is 2.73 bits per heavy atom. The fraction of sp³-hybridized carbons (Fsp3) is 0.286. The van der Waals surface area contributed by atoms with Gasteiger partial charge in [-0.05, 0) is 6.92 Å². The average Bonchev–Trinajstić information content (AvgIpc) is 1.93. The van der Waals surface area contributed by atoms with E-state index in [0.717, 1.165) is 5.69 Å². The molecule has 0 bridgehead atoms. The molecule has 11 heavy (non-hydrogen) atoms. The Morgan fingerprint density at radius 2 is 2.27 bits per heavy atom. The van der Waals surface area contributed by atoms with Crippen LogP contribution in [0.1, 0.15) is 11.4 Å². The molecule has 0 saturated heterocycles. The Balaban J connectivity index is 2.74. The van der Waals surface area contributed by atoms with E-state index in [9.17, 15) is 4.79 Å². The summed E-state index contributed by atoms with van der Waals surface area (Å²) in [5, 5.41) is 0. The van der Waals surface area contributed by atoms with Crippen molar-refractivity contribution in [3.05, 3.63) is 23.8 Å². The minimum absolute atomic E-state index is 0.160. The lowest BCUT2D eigenvalue weighted by atomic mass is 10.3. The van der Waals surface area contributed by atoms with Crippen LogP contribution >= 0.6 is 0 Å². The number of primary amides is 1. The summed E-state index contributed by atoms with van der Waals surface area (Å²) in [6, 6.07) is 0. The standard InChI is InChI=1S/C7H9N3O/c1-5-3-10-6(4-9-5)2-7(8)11/h3-4H,2H2,1H3,(H2,8,11). The number of nitrogens with two attached hydrogens (primary N) is 1. The Bertz CT molecular complexity index is 255. The van der Waals surface area contributed by atoms with Crippen molar-refractivity contribution in [2.45, 2.75) is 13.3 Å². The van der Waals surface area contributed by atoms with Gasteiger partial charge in [0.05, 0.1) is 17.8 Å². The molecule has 4 nitrogen and oxygen atoms in total. The van der Waals surface area contributed by atoms with E-state index >= 15 is 0 Å². The van der Waals surface area contributed by atoms with Gasteiger partial charge in [0.15, 0.2) is 0 Å². The van der Waals surface area contributed by atoms with Crippen molar-refractivity contribution in [2.75, 3.05) is 0 Å². The molecule has 0 saturated carbocycles. The molecule has 0 unspecified atom stereocenters. The Labute approximate surface area is 64.5 Å². The van der Waals surface area contributed by atoms with Crippen LogP contribution in [0.2, 0.25) is 0 Å². The number of rotatable bonds is 2. The van der Waals surface area contributed by atoms with Gasteiger partial charge >= 0.3 is 0 Å². The van der Waals surface area contributed by atoms with Crippen molar-refractivity contribution < 1.29 is 4.79 Å². The van der Waals surface area contributed by atoms with E-state index < -0.39 is 0 Å². The topological polar surface area (TPSA) is 68.9 Å². The molecule has 0 fully saturated rings. The summed E-state index contributed by atoms with van der Waals surface area (Å²) in [6.45, 7) is 1.83. The molecule has 0 radical (unpaired) electrons. The first kappa shape index (κ1) is 7.65. The maximum Gasteiger partial charge on any atom is 0.223 e. The molecule has 1 amide bonds. The summed E-state index contributed by atoms with van der Waals surface area (Å²) in [4.78, 5) is 18.3. The van der Waals surface area contributed by atoms with Gasteiger partial charge in [0.1, 0.15) is 0 Å². The van der Waals surface area contributed by atoms with Crippen molar-refractivity contribution in [1.29, 1.82) is 0 Å². The number of hydrogen-bond acceptors (Lipinski definition) is 3. The molecule has 58 valence electrons. The van der Waals surface area contributed by atoms with Crippen LogP contribution < -0.4 is 5.73 Å². The van der Waals surface area contributed by atoms with Crippen molar-refractivity contribution in [2.24, 2.45) is 5.73 Å². The molecule has 1 aromatic rings. The number of aryl methyl sites for hydroxylation is 1. The lowest BCUT2D eigenvalue weighted by Crippen LogP contribution is -2.14. The predicted octanol–water partition coefficient (Wildman–Crippen LogP) is -0.187. The van der Waals surface area contributed by atoms with Crippen LogP contribution in [0, 0.1) is 6.92 Å². The Morgan fingerprint density at radius 1 is 1.55 bits per heavy atom. The zero-order chi connectivity index (χ0) is 8.27. The number of carbonyl (C=O) groups is 1. The molecule has 0 aliphatic heterocycles. The van der Waals surface area contributed by atoms with E-state index in [1.165, 1.54) is 0 Å². The third-order valence-electron chi connectivity index (χ3n) is 1.19. The first-order valence-corrected chi connectivity index (χ1v) is 3.24. The van der Waals surface area contributed by atoms with Crippen LogP contribution in [0.5, 0.6) is 0 Å². The van der Waals surface area contributed by atoms with Gasteiger partial charge in [0.25, 0.3) is 0 Å². The van der Waals surface area contributed by atoms with Crippen molar-refractivity contribution in [3.63, 3.8) is 0 Å². The highest BCUT2D eigenvalue weighted by molar-refractivity contribution is 5.75. The normalized spacial score (nSPS) is 9.55. The van der Waals surface area contributed by atoms with E-state index in [-0.39, 0.29) is 12.3 Å². The fourth-order valence-electron chi connectivity index (χ4n) is 0.689. The zero-order valence-corrected chi connectivity index (χ0v) is 6.24. The van der Waals surface area contributed by atoms with Crippen LogP contribution in [-0.4, -0.2) is 15.9 Å². The van der Waals surface area contributed by atoms with E-state index in [0.29, 0.717) is 5.69 Å². The molecule has 2 N–H and O–H groups in total. The average molecular weight is 151 g/mol. The van der Waals surface area contributed by atoms with Crippen LogP contribution in [0.3, 0.4) is 0 Å². The van der Waals surface area contributed by atoms with Crippen LogP contribution in [0.4, 0.5) is 0 Å². The fourth-order valence-corrected chi connectivity index (χ4v) is 0.689. The lowest BCUT2D eigenvalue weighted by molar-refractivity contribution is -0.117. The molecule has 0 aliphatic carbocycles. The minimum Gasteiger partial charge on any atom is -0.369 e. The largest absolute Gasteiger partial charge is 0.369 e. The third-order valence-corrected chi connectivity index (χ3v) is 1.19. The van der Waals surface area contributed by atoms with Gasteiger partial charge < -0.3 is 5.73 Å². The van der Waals surface area contributed by atoms with Crippen LogP contribution in [-0.2, 0) is 11.2 Å². The van der Waals surface area contributed by atoms with Gasteiger partial charge in [-0.3, -0.25) is 14.8 Å².